The largest absolute Gasteiger partial charge is 0.444 e. The lowest BCUT2D eigenvalue weighted by Crippen LogP contribution is -2.30. The summed E-state index contributed by atoms with van der Waals surface area (Å²) in [6.07, 6.45) is -0.517. The summed E-state index contributed by atoms with van der Waals surface area (Å²) in [5, 5.41) is 5.47. The Bertz CT molecular complexity index is 737. The van der Waals surface area contributed by atoms with Crippen LogP contribution in [0.1, 0.15) is 26.3 Å². The predicted molar refractivity (Wildman–Crippen MR) is 103 cm³/mol. The molecule has 3 amide bonds. The molecule has 0 radical (unpaired) electrons. The number of ether oxygens (including phenoxy) is 1. The van der Waals surface area contributed by atoms with Gasteiger partial charge in [0.15, 0.2) is 0 Å². The molecule has 138 valence electrons. The van der Waals surface area contributed by atoms with Gasteiger partial charge in [-0.25, -0.2) is 9.59 Å². The van der Waals surface area contributed by atoms with Crippen molar-refractivity contribution in [1.29, 1.82) is 0 Å². The molecule has 2 aromatic rings. The molecule has 0 saturated heterocycles. The number of rotatable bonds is 4. The second-order valence-electron chi connectivity index (χ2n) is 6.98. The first-order chi connectivity index (χ1) is 12.2. The van der Waals surface area contributed by atoms with Crippen molar-refractivity contribution in [3.8, 4) is 0 Å². The number of nitrogens with one attached hydrogen (secondary N) is 2. The molecule has 0 spiro atoms. The number of hydrogen-bond acceptors (Lipinski definition) is 3. The Hall–Kier alpha value is -3.02. The van der Waals surface area contributed by atoms with Gasteiger partial charge in [-0.1, -0.05) is 30.3 Å². The third-order valence-corrected chi connectivity index (χ3v) is 3.39. The van der Waals surface area contributed by atoms with E-state index in [9.17, 15) is 9.59 Å². The average molecular weight is 355 g/mol. The second-order valence-corrected chi connectivity index (χ2v) is 6.98. The average Bonchev–Trinajstić information content (AvgIpc) is 2.55. The van der Waals surface area contributed by atoms with Crippen LogP contribution in [0.5, 0.6) is 0 Å². The molecule has 0 saturated carbocycles. The number of anilines is 2. The van der Waals surface area contributed by atoms with E-state index in [4.69, 9.17) is 4.74 Å². The molecule has 0 aliphatic heterocycles. The Morgan fingerprint density at radius 1 is 0.923 bits per heavy atom. The smallest absolute Gasteiger partial charge is 0.412 e. The van der Waals surface area contributed by atoms with Crippen LogP contribution in [-0.4, -0.2) is 29.7 Å². The normalized spacial score (nSPS) is 10.8. The molecule has 0 bridgehead atoms. The summed E-state index contributed by atoms with van der Waals surface area (Å²) in [7, 11) is 1.74. The van der Waals surface area contributed by atoms with Crippen LogP contribution in [0.4, 0.5) is 21.0 Å². The summed E-state index contributed by atoms with van der Waals surface area (Å²) in [6.45, 7) is 5.93. The van der Waals surface area contributed by atoms with Gasteiger partial charge in [0.25, 0.3) is 0 Å². The van der Waals surface area contributed by atoms with Crippen molar-refractivity contribution < 1.29 is 14.3 Å². The first kappa shape index (κ1) is 19.3. The van der Waals surface area contributed by atoms with Gasteiger partial charge in [0.2, 0.25) is 0 Å². The highest BCUT2D eigenvalue weighted by atomic mass is 16.6. The molecule has 26 heavy (non-hydrogen) atoms. The van der Waals surface area contributed by atoms with Crippen LogP contribution in [0, 0.1) is 0 Å². The van der Waals surface area contributed by atoms with E-state index in [-0.39, 0.29) is 6.03 Å². The fraction of sp³-hybridized carbons (Fsp3) is 0.300. The molecule has 0 aliphatic rings. The summed E-state index contributed by atoms with van der Waals surface area (Å²) in [6, 6.07) is 16.4. The maximum Gasteiger partial charge on any atom is 0.412 e. The lowest BCUT2D eigenvalue weighted by Gasteiger charge is -2.20. The van der Waals surface area contributed by atoms with E-state index in [0.717, 1.165) is 5.56 Å². The minimum atomic E-state index is -0.554. The van der Waals surface area contributed by atoms with Crippen LogP contribution in [-0.2, 0) is 11.3 Å². The van der Waals surface area contributed by atoms with Crippen molar-refractivity contribution in [2.24, 2.45) is 0 Å². The van der Waals surface area contributed by atoms with E-state index in [2.05, 4.69) is 10.6 Å². The van der Waals surface area contributed by atoms with Crippen molar-refractivity contribution in [2.75, 3.05) is 17.7 Å². The van der Waals surface area contributed by atoms with Gasteiger partial charge in [-0.15, -0.1) is 0 Å². The molecule has 0 aromatic heterocycles. The standard InChI is InChI=1S/C20H25N3O3/c1-20(2,3)26-19(25)22-17-12-10-16(11-13-17)21-18(24)23(4)14-15-8-6-5-7-9-15/h5-13H,14H2,1-4H3,(H,21,24)(H,22,25). The summed E-state index contributed by atoms with van der Waals surface area (Å²) < 4.78 is 5.20. The molecule has 0 fully saturated rings. The summed E-state index contributed by atoms with van der Waals surface area (Å²) in [5.41, 5.74) is 1.74. The van der Waals surface area contributed by atoms with Crippen LogP contribution in [0.3, 0.4) is 0 Å². The monoisotopic (exact) mass is 355 g/mol. The summed E-state index contributed by atoms with van der Waals surface area (Å²) in [4.78, 5) is 25.6. The molecule has 0 atom stereocenters. The van der Waals surface area contributed by atoms with Crippen LogP contribution in [0.25, 0.3) is 0 Å². The van der Waals surface area contributed by atoms with E-state index in [1.54, 1.807) is 57.0 Å². The van der Waals surface area contributed by atoms with E-state index >= 15 is 0 Å². The van der Waals surface area contributed by atoms with Gasteiger partial charge in [0.1, 0.15) is 5.60 Å². The Morgan fingerprint density at radius 2 is 1.46 bits per heavy atom. The van der Waals surface area contributed by atoms with E-state index in [1.807, 2.05) is 30.3 Å². The topological polar surface area (TPSA) is 70.7 Å². The zero-order chi connectivity index (χ0) is 19.2. The number of amides is 3. The number of nitrogens with zero attached hydrogens (tertiary/aromatic N) is 1. The van der Waals surface area contributed by atoms with Gasteiger partial charge in [-0.2, -0.15) is 0 Å². The predicted octanol–water partition coefficient (Wildman–Crippen LogP) is 4.70. The van der Waals surface area contributed by atoms with Gasteiger partial charge in [0.05, 0.1) is 0 Å². The van der Waals surface area contributed by atoms with Gasteiger partial charge >= 0.3 is 12.1 Å². The highest BCUT2D eigenvalue weighted by Crippen LogP contribution is 2.16. The molecule has 2 aromatic carbocycles. The second kappa shape index (κ2) is 8.38. The Morgan fingerprint density at radius 3 is 2.00 bits per heavy atom. The number of benzene rings is 2. The first-order valence-corrected chi connectivity index (χ1v) is 8.39. The summed E-state index contributed by atoms with van der Waals surface area (Å²) >= 11 is 0. The van der Waals surface area contributed by atoms with Crippen LogP contribution >= 0.6 is 0 Å². The molecular weight excluding hydrogens is 330 g/mol. The van der Waals surface area contributed by atoms with Crippen molar-refractivity contribution in [2.45, 2.75) is 32.9 Å². The fourth-order valence-electron chi connectivity index (χ4n) is 2.21. The molecule has 2 rings (SSSR count). The van der Waals surface area contributed by atoms with Crippen LogP contribution in [0.2, 0.25) is 0 Å². The highest BCUT2D eigenvalue weighted by Gasteiger charge is 2.16. The minimum absolute atomic E-state index is 0.207. The number of carbonyl (C=O) groups is 2. The number of carbonyl (C=O) groups excluding carboxylic acids is 2. The van der Waals surface area contributed by atoms with E-state index < -0.39 is 11.7 Å². The fourth-order valence-corrected chi connectivity index (χ4v) is 2.21. The van der Waals surface area contributed by atoms with Crippen LogP contribution in [0.15, 0.2) is 54.6 Å². The molecular formula is C20H25N3O3. The summed E-state index contributed by atoms with van der Waals surface area (Å²) in [5.74, 6) is 0. The Balaban J connectivity index is 1.88. The lowest BCUT2D eigenvalue weighted by molar-refractivity contribution is 0.0636. The molecule has 6 nitrogen and oxygen atoms in total. The van der Waals surface area contributed by atoms with Gasteiger partial charge in [0, 0.05) is 25.0 Å². The molecule has 2 N–H and O–H groups in total. The molecule has 0 heterocycles. The number of hydrogen-bond donors (Lipinski definition) is 2. The first-order valence-electron chi connectivity index (χ1n) is 8.39. The number of urea groups is 1. The van der Waals surface area contributed by atoms with Crippen molar-refractivity contribution >= 4 is 23.5 Å². The molecule has 6 heteroatoms. The van der Waals surface area contributed by atoms with Gasteiger partial charge in [-0.05, 0) is 50.6 Å². The van der Waals surface area contributed by atoms with Gasteiger partial charge < -0.3 is 15.0 Å². The third kappa shape index (κ3) is 6.47. The van der Waals surface area contributed by atoms with Crippen molar-refractivity contribution in [3.05, 3.63) is 60.2 Å². The maximum atomic E-state index is 12.3. The minimum Gasteiger partial charge on any atom is -0.444 e. The third-order valence-electron chi connectivity index (χ3n) is 3.39. The zero-order valence-electron chi connectivity index (χ0n) is 15.6. The SMILES string of the molecule is CN(Cc1ccccc1)C(=O)Nc1ccc(NC(=O)OC(C)(C)C)cc1. The highest BCUT2D eigenvalue weighted by molar-refractivity contribution is 5.90. The zero-order valence-corrected chi connectivity index (χ0v) is 15.6. The molecule has 0 unspecified atom stereocenters. The van der Waals surface area contributed by atoms with E-state index in [0.29, 0.717) is 17.9 Å². The van der Waals surface area contributed by atoms with Crippen molar-refractivity contribution in [1.82, 2.24) is 4.90 Å². The van der Waals surface area contributed by atoms with E-state index in [1.165, 1.54) is 0 Å². The van der Waals surface area contributed by atoms with Gasteiger partial charge in [-0.3, -0.25) is 5.32 Å². The van der Waals surface area contributed by atoms with Crippen molar-refractivity contribution in [3.63, 3.8) is 0 Å². The maximum absolute atomic E-state index is 12.3. The molecule has 0 aliphatic carbocycles. The Labute approximate surface area is 154 Å². The Kier molecular flexibility index (Phi) is 6.22. The quantitative estimate of drug-likeness (QED) is 0.835. The van der Waals surface area contributed by atoms with Crippen LogP contribution < -0.4 is 10.6 Å². The lowest BCUT2D eigenvalue weighted by atomic mass is 10.2.